The molecule has 0 saturated heterocycles. The molecule has 1 aromatic rings. The molecule has 0 aliphatic heterocycles. The summed E-state index contributed by atoms with van der Waals surface area (Å²) in [5, 5.41) is 0. The Morgan fingerprint density at radius 3 is 2.52 bits per heavy atom. The van der Waals surface area contributed by atoms with Crippen LogP contribution >= 0.6 is 0 Å². The van der Waals surface area contributed by atoms with Gasteiger partial charge in [0.2, 0.25) is 10.0 Å². The van der Waals surface area contributed by atoms with Crippen LogP contribution in [0.5, 0.6) is 0 Å². The summed E-state index contributed by atoms with van der Waals surface area (Å²) in [4.78, 5) is 14.2. The van der Waals surface area contributed by atoms with Gasteiger partial charge in [0.25, 0.3) is 5.91 Å². The number of benzene rings is 1. The second-order valence-corrected chi connectivity index (χ2v) is 6.83. The first-order chi connectivity index (χ1) is 9.83. The van der Waals surface area contributed by atoms with E-state index in [9.17, 15) is 13.2 Å². The Morgan fingerprint density at radius 1 is 1.29 bits per heavy atom. The Hall–Kier alpha value is -1.40. The number of sulfonamides is 1. The highest BCUT2D eigenvalue weighted by molar-refractivity contribution is 7.89. The molecule has 0 bridgehead atoms. The molecule has 118 valence electrons. The molecule has 1 rings (SSSR count). The zero-order chi connectivity index (χ0) is 16.0. The van der Waals surface area contributed by atoms with Crippen LogP contribution in [0.3, 0.4) is 0 Å². The minimum absolute atomic E-state index is 0.127. The van der Waals surface area contributed by atoms with E-state index in [0.29, 0.717) is 18.7 Å². The number of nitrogens with one attached hydrogen (secondary N) is 1. The van der Waals surface area contributed by atoms with Crippen LogP contribution in [-0.4, -0.2) is 39.4 Å². The van der Waals surface area contributed by atoms with Crippen LogP contribution in [0.2, 0.25) is 0 Å². The maximum absolute atomic E-state index is 12.4. The third-order valence-electron chi connectivity index (χ3n) is 3.28. The third-order valence-corrected chi connectivity index (χ3v) is 4.82. The summed E-state index contributed by atoms with van der Waals surface area (Å²) in [6.07, 6.45) is 1.93. The largest absolute Gasteiger partial charge is 0.342 e. The van der Waals surface area contributed by atoms with Gasteiger partial charge in [-0.25, -0.2) is 13.1 Å². The number of rotatable bonds is 7. The number of aryl methyl sites for hydroxylation is 1. The fourth-order valence-electron chi connectivity index (χ4n) is 1.97. The molecule has 0 aliphatic carbocycles. The lowest BCUT2D eigenvalue weighted by Crippen LogP contribution is -2.29. The molecule has 0 atom stereocenters. The van der Waals surface area contributed by atoms with Crippen molar-refractivity contribution in [3.8, 4) is 0 Å². The van der Waals surface area contributed by atoms with Crippen molar-refractivity contribution in [3.05, 3.63) is 29.3 Å². The molecule has 0 spiro atoms. The third kappa shape index (κ3) is 4.54. The molecular formula is C15H24N2O3S. The van der Waals surface area contributed by atoms with E-state index in [1.807, 2.05) is 6.92 Å². The summed E-state index contributed by atoms with van der Waals surface area (Å²) in [5.74, 6) is -0.144. The van der Waals surface area contributed by atoms with Crippen molar-refractivity contribution in [1.29, 1.82) is 0 Å². The summed E-state index contributed by atoms with van der Waals surface area (Å²) in [6, 6.07) is 4.65. The standard InChI is InChI=1S/C15H24N2O3S/c1-5-7-10-17(4)15(18)14-11-13(9-8-12(14)3)21(19,20)16-6-2/h8-9,11,16H,5-7,10H2,1-4H3. The monoisotopic (exact) mass is 312 g/mol. The maximum atomic E-state index is 12.4. The molecule has 0 aromatic heterocycles. The van der Waals surface area contributed by atoms with Gasteiger partial charge in [-0.2, -0.15) is 0 Å². The Kier molecular flexibility index (Phi) is 6.36. The molecule has 21 heavy (non-hydrogen) atoms. The summed E-state index contributed by atoms with van der Waals surface area (Å²) < 4.78 is 26.5. The topological polar surface area (TPSA) is 66.5 Å². The van der Waals surface area contributed by atoms with Gasteiger partial charge in [-0.3, -0.25) is 4.79 Å². The van der Waals surface area contributed by atoms with Gasteiger partial charge in [-0.15, -0.1) is 0 Å². The van der Waals surface area contributed by atoms with E-state index in [-0.39, 0.29) is 10.8 Å². The number of amides is 1. The van der Waals surface area contributed by atoms with E-state index >= 15 is 0 Å². The van der Waals surface area contributed by atoms with E-state index in [1.54, 1.807) is 24.9 Å². The van der Waals surface area contributed by atoms with Gasteiger partial charge in [-0.1, -0.05) is 26.3 Å². The maximum Gasteiger partial charge on any atom is 0.253 e. The predicted octanol–water partition coefficient (Wildman–Crippen LogP) is 2.17. The molecule has 6 heteroatoms. The smallest absolute Gasteiger partial charge is 0.253 e. The fraction of sp³-hybridized carbons (Fsp3) is 0.533. The van der Waals surface area contributed by atoms with Crippen LogP contribution in [0.1, 0.15) is 42.6 Å². The van der Waals surface area contributed by atoms with Crippen LogP contribution in [0.25, 0.3) is 0 Å². The van der Waals surface area contributed by atoms with Crippen LogP contribution in [0.4, 0.5) is 0 Å². The summed E-state index contributed by atoms with van der Waals surface area (Å²) in [5.41, 5.74) is 1.21. The van der Waals surface area contributed by atoms with Crippen molar-refractivity contribution in [2.75, 3.05) is 20.1 Å². The molecule has 0 unspecified atom stereocenters. The second-order valence-electron chi connectivity index (χ2n) is 5.06. The normalized spacial score (nSPS) is 11.4. The molecule has 1 N–H and O–H groups in total. The average Bonchev–Trinajstić information content (AvgIpc) is 2.44. The van der Waals surface area contributed by atoms with Crippen molar-refractivity contribution >= 4 is 15.9 Å². The van der Waals surface area contributed by atoms with Crippen molar-refractivity contribution in [1.82, 2.24) is 9.62 Å². The number of nitrogens with zero attached hydrogens (tertiary/aromatic N) is 1. The molecule has 0 radical (unpaired) electrons. The van der Waals surface area contributed by atoms with E-state index in [4.69, 9.17) is 0 Å². The number of carbonyl (C=O) groups excluding carboxylic acids is 1. The quantitative estimate of drug-likeness (QED) is 0.839. The van der Waals surface area contributed by atoms with Crippen LogP contribution in [-0.2, 0) is 10.0 Å². The minimum Gasteiger partial charge on any atom is -0.342 e. The number of carbonyl (C=O) groups is 1. The molecule has 0 fully saturated rings. The van der Waals surface area contributed by atoms with E-state index in [0.717, 1.165) is 18.4 Å². The highest BCUT2D eigenvalue weighted by Gasteiger charge is 2.19. The van der Waals surface area contributed by atoms with Gasteiger partial charge >= 0.3 is 0 Å². The summed E-state index contributed by atoms with van der Waals surface area (Å²) in [7, 11) is -1.81. The average molecular weight is 312 g/mol. The number of hydrogen-bond acceptors (Lipinski definition) is 3. The van der Waals surface area contributed by atoms with E-state index in [2.05, 4.69) is 11.6 Å². The lowest BCUT2D eigenvalue weighted by atomic mass is 10.1. The fourth-order valence-corrected chi connectivity index (χ4v) is 3.04. The van der Waals surface area contributed by atoms with Gasteiger partial charge in [0.05, 0.1) is 4.90 Å². The molecular weight excluding hydrogens is 288 g/mol. The first-order valence-corrected chi connectivity index (χ1v) is 8.67. The Balaban J connectivity index is 3.11. The van der Waals surface area contributed by atoms with Crippen LogP contribution < -0.4 is 4.72 Å². The summed E-state index contributed by atoms with van der Waals surface area (Å²) >= 11 is 0. The lowest BCUT2D eigenvalue weighted by molar-refractivity contribution is 0.0792. The second kappa shape index (κ2) is 7.56. The predicted molar refractivity (Wildman–Crippen MR) is 83.9 cm³/mol. The van der Waals surface area contributed by atoms with Crippen molar-refractivity contribution in [2.45, 2.75) is 38.5 Å². The first kappa shape index (κ1) is 17.7. The first-order valence-electron chi connectivity index (χ1n) is 7.19. The van der Waals surface area contributed by atoms with Gasteiger partial charge < -0.3 is 4.90 Å². The number of unbranched alkanes of at least 4 members (excludes halogenated alkanes) is 1. The lowest BCUT2D eigenvalue weighted by Gasteiger charge is -2.18. The van der Waals surface area contributed by atoms with Gasteiger partial charge in [0.15, 0.2) is 0 Å². The van der Waals surface area contributed by atoms with Gasteiger partial charge in [0.1, 0.15) is 0 Å². The van der Waals surface area contributed by atoms with Crippen molar-refractivity contribution in [3.63, 3.8) is 0 Å². The van der Waals surface area contributed by atoms with Crippen LogP contribution in [0, 0.1) is 6.92 Å². The zero-order valence-corrected chi connectivity index (χ0v) is 14.0. The van der Waals surface area contributed by atoms with Crippen molar-refractivity contribution < 1.29 is 13.2 Å². The molecule has 0 aliphatic rings. The Labute approximate surface area is 127 Å². The molecule has 1 aromatic carbocycles. The highest BCUT2D eigenvalue weighted by atomic mass is 32.2. The van der Waals surface area contributed by atoms with Gasteiger partial charge in [0, 0.05) is 25.7 Å². The molecule has 0 heterocycles. The van der Waals surface area contributed by atoms with Gasteiger partial charge in [-0.05, 0) is 31.0 Å². The molecule has 1 amide bonds. The molecule has 0 saturated carbocycles. The van der Waals surface area contributed by atoms with E-state index < -0.39 is 10.0 Å². The zero-order valence-electron chi connectivity index (χ0n) is 13.1. The summed E-state index contributed by atoms with van der Waals surface area (Å²) in [6.45, 7) is 6.57. The Bertz CT molecular complexity index is 597. The van der Waals surface area contributed by atoms with E-state index in [1.165, 1.54) is 12.1 Å². The van der Waals surface area contributed by atoms with Crippen molar-refractivity contribution in [2.24, 2.45) is 0 Å². The molecule has 5 nitrogen and oxygen atoms in total. The number of hydrogen-bond donors (Lipinski definition) is 1. The highest BCUT2D eigenvalue weighted by Crippen LogP contribution is 2.17. The van der Waals surface area contributed by atoms with Crippen LogP contribution in [0.15, 0.2) is 23.1 Å². The Morgan fingerprint density at radius 2 is 1.95 bits per heavy atom. The SMILES string of the molecule is CCCCN(C)C(=O)c1cc(S(=O)(=O)NCC)ccc1C. The minimum atomic E-state index is -3.55.